The Kier molecular flexibility index (Phi) is 6.07. The molecule has 1 fully saturated rings. The van der Waals surface area contributed by atoms with Crippen molar-refractivity contribution in [1.29, 1.82) is 0 Å². The first-order valence-corrected chi connectivity index (χ1v) is 9.20. The van der Waals surface area contributed by atoms with E-state index in [4.69, 9.17) is 0 Å². The fraction of sp³-hybridized carbons (Fsp3) is 0.909. The number of alkyl halides is 1. The molecule has 1 rings (SSSR count). The molecule has 1 unspecified atom stereocenters. The molecule has 5 nitrogen and oxygen atoms in total. The van der Waals surface area contributed by atoms with E-state index < -0.39 is 15.1 Å². The van der Waals surface area contributed by atoms with E-state index in [0.717, 1.165) is 37.6 Å². The highest BCUT2D eigenvalue weighted by Crippen LogP contribution is 2.09. The second kappa shape index (κ2) is 6.86. The van der Waals surface area contributed by atoms with Crippen LogP contribution in [0.25, 0.3) is 0 Å². The van der Waals surface area contributed by atoms with Crippen molar-refractivity contribution in [1.82, 2.24) is 9.80 Å². The van der Waals surface area contributed by atoms with Gasteiger partial charge in [-0.3, -0.25) is 4.79 Å². The van der Waals surface area contributed by atoms with Crippen molar-refractivity contribution in [2.24, 2.45) is 0 Å². The molecule has 0 bridgehead atoms. The van der Waals surface area contributed by atoms with Gasteiger partial charge in [-0.15, -0.1) is 0 Å². The molecule has 0 aliphatic carbocycles. The quantitative estimate of drug-likeness (QED) is 0.693. The molecule has 0 saturated carbocycles. The molecule has 18 heavy (non-hydrogen) atoms. The Morgan fingerprint density at radius 1 is 1.28 bits per heavy atom. The van der Waals surface area contributed by atoms with Gasteiger partial charge in [-0.05, 0) is 19.9 Å². The van der Waals surface area contributed by atoms with Crippen LogP contribution in [0.2, 0.25) is 0 Å². The zero-order valence-corrected chi connectivity index (χ0v) is 13.3. The smallest absolute Gasteiger partial charge is 0.240 e. The molecule has 0 N–H and O–H groups in total. The third-order valence-corrected chi connectivity index (χ3v) is 5.13. The van der Waals surface area contributed by atoms with Crippen LogP contribution in [0.1, 0.15) is 13.3 Å². The molecule has 0 aromatic heterocycles. The molecule has 0 aromatic carbocycles. The van der Waals surface area contributed by atoms with Gasteiger partial charge in [0.15, 0.2) is 9.84 Å². The predicted octanol–water partition coefficient (Wildman–Crippen LogP) is 0.349. The maximum Gasteiger partial charge on any atom is 0.240 e. The van der Waals surface area contributed by atoms with Gasteiger partial charge in [-0.25, -0.2) is 8.42 Å². The Morgan fingerprint density at radius 3 is 2.50 bits per heavy atom. The highest BCUT2D eigenvalue weighted by Gasteiger charge is 2.29. The highest BCUT2D eigenvalue weighted by molar-refractivity contribution is 9.09. The summed E-state index contributed by atoms with van der Waals surface area (Å²) >= 11 is 3.40. The topological polar surface area (TPSA) is 57.7 Å². The summed E-state index contributed by atoms with van der Waals surface area (Å²) in [6.45, 7) is 5.47. The van der Waals surface area contributed by atoms with E-state index in [-0.39, 0.29) is 5.91 Å². The van der Waals surface area contributed by atoms with Crippen LogP contribution in [0.15, 0.2) is 0 Å². The summed E-state index contributed by atoms with van der Waals surface area (Å²) in [4.78, 5) is 16.0. The van der Waals surface area contributed by atoms with E-state index in [1.807, 2.05) is 0 Å². The van der Waals surface area contributed by atoms with Gasteiger partial charge in [0, 0.05) is 37.8 Å². The summed E-state index contributed by atoms with van der Waals surface area (Å²) in [5, 5.41) is -0.0130. The summed E-state index contributed by atoms with van der Waals surface area (Å²) in [6.07, 6.45) is 2.01. The van der Waals surface area contributed by atoms with Crippen LogP contribution in [0.5, 0.6) is 0 Å². The summed E-state index contributed by atoms with van der Waals surface area (Å²) in [7, 11) is -3.30. The van der Waals surface area contributed by atoms with Gasteiger partial charge < -0.3 is 9.80 Å². The monoisotopic (exact) mass is 340 g/mol. The Bertz CT molecular complexity index is 386. The van der Waals surface area contributed by atoms with Crippen molar-refractivity contribution in [3.05, 3.63) is 0 Å². The molecule has 7 heteroatoms. The van der Waals surface area contributed by atoms with Crippen LogP contribution in [-0.2, 0) is 14.6 Å². The van der Waals surface area contributed by atoms with E-state index in [1.54, 1.807) is 4.90 Å². The number of carbonyl (C=O) groups is 1. The molecule has 1 aliphatic heterocycles. The fourth-order valence-electron chi connectivity index (χ4n) is 1.97. The van der Waals surface area contributed by atoms with E-state index in [0.29, 0.717) is 13.1 Å². The van der Waals surface area contributed by atoms with Crippen molar-refractivity contribution in [3.8, 4) is 0 Å². The number of hydrogen-bond acceptors (Lipinski definition) is 4. The van der Waals surface area contributed by atoms with E-state index >= 15 is 0 Å². The van der Waals surface area contributed by atoms with E-state index in [9.17, 15) is 13.2 Å². The highest BCUT2D eigenvalue weighted by atomic mass is 79.9. The van der Waals surface area contributed by atoms with Crippen LogP contribution in [0.3, 0.4) is 0 Å². The largest absolute Gasteiger partial charge is 0.340 e. The average molecular weight is 341 g/mol. The number of sulfone groups is 1. The third kappa shape index (κ3) is 4.51. The van der Waals surface area contributed by atoms with Crippen LogP contribution in [0, 0.1) is 0 Å². The Hall–Kier alpha value is -0.140. The molecule has 1 amide bonds. The van der Waals surface area contributed by atoms with Gasteiger partial charge in [0.1, 0.15) is 5.25 Å². The Labute approximate surface area is 118 Å². The number of rotatable bonds is 4. The first kappa shape index (κ1) is 15.9. The summed E-state index contributed by atoms with van der Waals surface area (Å²) < 4.78 is 22.8. The molecule has 0 spiro atoms. The molecule has 0 radical (unpaired) electrons. The molecular formula is C11H21BrN2O3S. The van der Waals surface area contributed by atoms with E-state index in [2.05, 4.69) is 20.8 Å². The lowest BCUT2D eigenvalue weighted by molar-refractivity contribution is -0.130. The van der Waals surface area contributed by atoms with Crippen molar-refractivity contribution in [2.45, 2.75) is 18.6 Å². The average Bonchev–Trinajstić information content (AvgIpc) is 2.52. The molecule has 1 atom stereocenters. The molecule has 106 valence electrons. The van der Waals surface area contributed by atoms with Gasteiger partial charge in [-0.2, -0.15) is 0 Å². The summed E-state index contributed by atoms with van der Waals surface area (Å²) in [6, 6.07) is 0. The van der Waals surface area contributed by atoms with E-state index in [1.165, 1.54) is 6.92 Å². The zero-order valence-electron chi connectivity index (χ0n) is 10.9. The SMILES string of the molecule is CC(C(=O)N1CCCN(CCBr)CC1)S(C)(=O)=O. The second-order valence-corrected chi connectivity index (χ2v) is 7.84. The van der Waals surface area contributed by atoms with Gasteiger partial charge in [0.25, 0.3) is 0 Å². The van der Waals surface area contributed by atoms with Crippen molar-refractivity contribution >= 4 is 31.7 Å². The molecular weight excluding hydrogens is 320 g/mol. The number of halogens is 1. The molecule has 1 heterocycles. The molecule has 0 aromatic rings. The fourth-order valence-corrected chi connectivity index (χ4v) is 2.99. The normalized spacial score (nSPS) is 20.5. The lowest BCUT2D eigenvalue weighted by Gasteiger charge is -2.23. The standard InChI is InChI=1S/C11H21BrN2O3S/c1-10(18(2,16)17)11(15)14-6-3-5-13(7-4-12)8-9-14/h10H,3-9H2,1-2H3. The number of amides is 1. The minimum atomic E-state index is -3.30. The minimum Gasteiger partial charge on any atom is -0.340 e. The van der Waals surface area contributed by atoms with Gasteiger partial charge >= 0.3 is 0 Å². The van der Waals surface area contributed by atoms with Gasteiger partial charge in [-0.1, -0.05) is 15.9 Å². The molecule has 1 saturated heterocycles. The van der Waals surface area contributed by atoms with Crippen LogP contribution in [-0.4, -0.2) is 73.7 Å². The number of nitrogens with zero attached hydrogens (tertiary/aromatic N) is 2. The minimum absolute atomic E-state index is 0.266. The van der Waals surface area contributed by atoms with Crippen molar-refractivity contribution < 1.29 is 13.2 Å². The van der Waals surface area contributed by atoms with Crippen LogP contribution < -0.4 is 0 Å². The summed E-state index contributed by atoms with van der Waals surface area (Å²) in [5.41, 5.74) is 0. The maximum absolute atomic E-state index is 12.1. The van der Waals surface area contributed by atoms with Gasteiger partial charge in [0.05, 0.1) is 0 Å². The van der Waals surface area contributed by atoms with Crippen LogP contribution in [0.4, 0.5) is 0 Å². The second-order valence-electron chi connectivity index (χ2n) is 4.68. The first-order valence-electron chi connectivity index (χ1n) is 6.12. The summed E-state index contributed by atoms with van der Waals surface area (Å²) in [5.74, 6) is -0.266. The van der Waals surface area contributed by atoms with Crippen LogP contribution >= 0.6 is 15.9 Å². The third-order valence-electron chi connectivity index (χ3n) is 3.29. The number of carbonyl (C=O) groups excluding carboxylic acids is 1. The first-order chi connectivity index (χ1) is 8.36. The van der Waals surface area contributed by atoms with Crippen molar-refractivity contribution in [2.75, 3.05) is 44.3 Å². The number of hydrogen-bond donors (Lipinski definition) is 0. The van der Waals surface area contributed by atoms with Crippen molar-refractivity contribution in [3.63, 3.8) is 0 Å². The molecule has 1 aliphatic rings. The predicted molar refractivity (Wildman–Crippen MR) is 75.7 cm³/mol. The Morgan fingerprint density at radius 2 is 1.94 bits per heavy atom. The lowest BCUT2D eigenvalue weighted by Crippen LogP contribution is -2.43. The lowest BCUT2D eigenvalue weighted by atomic mass is 10.3. The zero-order chi connectivity index (χ0) is 13.8. The Balaban J connectivity index is 2.60. The van der Waals surface area contributed by atoms with Gasteiger partial charge in [0.2, 0.25) is 5.91 Å². The maximum atomic E-state index is 12.1.